The van der Waals surface area contributed by atoms with Crippen LogP contribution in [0.25, 0.3) is 10.2 Å². The molecule has 11 heavy (non-hydrogen) atoms. The van der Waals surface area contributed by atoms with Gasteiger partial charge in [0, 0.05) is 0 Å². The van der Waals surface area contributed by atoms with Crippen LogP contribution in [0.4, 0.5) is 0 Å². The van der Waals surface area contributed by atoms with E-state index >= 15 is 0 Å². The molecule has 0 aliphatic rings. The van der Waals surface area contributed by atoms with Gasteiger partial charge in [-0.05, 0) is 12.1 Å². The molecule has 2 aromatic rings. The maximum atomic E-state index is 5.88. The molecule has 0 saturated carbocycles. The lowest BCUT2D eigenvalue weighted by Crippen LogP contribution is -1.66. The summed E-state index contributed by atoms with van der Waals surface area (Å²) >= 11 is 13.0. The molecule has 1 aromatic heterocycles. The zero-order valence-corrected chi connectivity index (χ0v) is 7.67. The van der Waals surface area contributed by atoms with Crippen molar-refractivity contribution in [2.45, 2.75) is 0 Å². The molecule has 0 fully saturated rings. The van der Waals surface area contributed by atoms with Gasteiger partial charge in [-0.2, -0.15) is 0 Å². The van der Waals surface area contributed by atoms with Gasteiger partial charge in [-0.15, -0.1) is 11.3 Å². The summed E-state index contributed by atoms with van der Waals surface area (Å²) in [6, 6.07) is 5.59. The molecule has 0 aliphatic heterocycles. The van der Waals surface area contributed by atoms with E-state index in [1.165, 1.54) is 11.3 Å². The molecule has 0 unspecified atom stereocenters. The van der Waals surface area contributed by atoms with Crippen LogP contribution in [-0.2, 0) is 0 Å². The fraction of sp³-hybridized carbons (Fsp3) is 0. The highest BCUT2D eigenvalue weighted by Gasteiger charge is 2.03. The van der Waals surface area contributed by atoms with Crippen LogP contribution in [0.3, 0.4) is 0 Å². The van der Waals surface area contributed by atoms with E-state index in [4.69, 9.17) is 23.2 Å². The van der Waals surface area contributed by atoms with Crippen LogP contribution in [0.2, 0.25) is 9.49 Å². The van der Waals surface area contributed by atoms with Gasteiger partial charge in [-0.3, -0.25) is 0 Å². The standard InChI is InChI=1S/C7H3Cl2NS/c8-4-2-1-3-5-6(4)11-7(9)10-5/h1-3H. The highest BCUT2D eigenvalue weighted by atomic mass is 35.5. The number of thiazole rings is 1. The van der Waals surface area contributed by atoms with E-state index < -0.39 is 0 Å². The molecular formula is C7H3Cl2NS. The van der Waals surface area contributed by atoms with E-state index in [9.17, 15) is 0 Å². The van der Waals surface area contributed by atoms with Crippen LogP contribution in [0.15, 0.2) is 18.2 Å². The molecule has 2 rings (SSSR count). The van der Waals surface area contributed by atoms with E-state index in [0.29, 0.717) is 9.49 Å². The van der Waals surface area contributed by atoms with Crippen molar-refractivity contribution in [3.8, 4) is 0 Å². The van der Waals surface area contributed by atoms with Crippen molar-refractivity contribution in [2.75, 3.05) is 0 Å². The predicted molar refractivity (Wildman–Crippen MR) is 49.6 cm³/mol. The number of nitrogens with zero attached hydrogens (tertiary/aromatic N) is 1. The minimum atomic E-state index is 0.535. The number of hydrogen-bond acceptors (Lipinski definition) is 2. The first kappa shape index (κ1) is 7.35. The molecule has 1 nitrogen and oxygen atoms in total. The van der Waals surface area contributed by atoms with E-state index in [-0.39, 0.29) is 0 Å². The number of fused-ring (bicyclic) bond motifs is 1. The van der Waals surface area contributed by atoms with Crippen LogP contribution in [0.5, 0.6) is 0 Å². The van der Waals surface area contributed by atoms with Crippen LogP contribution >= 0.6 is 34.5 Å². The van der Waals surface area contributed by atoms with Crippen LogP contribution in [-0.4, -0.2) is 4.98 Å². The number of benzene rings is 1. The van der Waals surface area contributed by atoms with Crippen molar-refractivity contribution in [1.29, 1.82) is 0 Å². The summed E-state index contributed by atoms with van der Waals surface area (Å²) in [6.45, 7) is 0. The van der Waals surface area contributed by atoms with Crippen molar-refractivity contribution < 1.29 is 0 Å². The summed E-state index contributed by atoms with van der Waals surface area (Å²) in [4.78, 5) is 4.07. The second kappa shape index (κ2) is 2.63. The molecule has 0 saturated heterocycles. The van der Waals surface area contributed by atoms with Crippen molar-refractivity contribution in [3.63, 3.8) is 0 Å². The highest BCUT2D eigenvalue weighted by molar-refractivity contribution is 7.22. The van der Waals surface area contributed by atoms with E-state index in [0.717, 1.165) is 10.2 Å². The second-order valence-corrected chi connectivity index (χ2v) is 4.04. The number of aromatic nitrogens is 1. The molecule has 0 bridgehead atoms. The molecule has 0 amide bonds. The summed E-state index contributed by atoms with van der Waals surface area (Å²) in [5.41, 5.74) is 0.868. The number of halogens is 2. The monoisotopic (exact) mass is 203 g/mol. The zero-order chi connectivity index (χ0) is 7.84. The maximum Gasteiger partial charge on any atom is 0.184 e. The first-order valence-electron chi connectivity index (χ1n) is 2.98. The number of rotatable bonds is 0. The van der Waals surface area contributed by atoms with Gasteiger partial charge in [0.2, 0.25) is 0 Å². The maximum absolute atomic E-state index is 5.88. The largest absolute Gasteiger partial charge is 0.225 e. The fourth-order valence-corrected chi connectivity index (χ4v) is 2.19. The Morgan fingerprint density at radius 3 is 2.82 bits per heavy atom. The lowest BCUT2D eigenvalue weighted by Gasteiger charge is -1.87. The summed E-state index contributed by atoms with van der Waals surface area (Å²) in [6.07, 6.45) is 0. The average Bonchev–Trinajstić information content (AvgIpc) is 2.31. The van der Waals surface area contributed by atoms with Gasteiger partial charge in [0.05, 0.1) is 15.2 Å². The molecule has 4 heteroatoms. The smallest absolute Gasteiger partial charge is 0.184 e. The van der Waals surface area contributed by atoms with E-state index in [1.807, 2.05) is 18.2 Å². The normalized spacial score (nSPS) is 10.7. The number of hydrogen-bond donors (Lipinski definition) is 0. The van der Waals surface area contributed by atoms with Gasteiger partial charge < -0.3 is 0 Å². The highest BCUT2D eigenvalue weighted by Crippen LogP contribution is 2.30. The molecule has 56 valence electrons. The van der Waals surface area contributed by atoms with Gasteiger partial charge >= 0.3 is 0 Å². The molecule has 1 heterocycles. The van der Waals surface area contributed by atoms with Gasteiger partial charge in [0.1, 0.15) is 0 Å². The molecule has 1 aromatic carbocycles. The SMILES string of the molecule is Clc1nc2cccc(Cl)c2s1. The van der Waals surface area contributed by atoms with Crippen molar-refractivity contribution in [2.24, 2.45) is 0 Å². The Morgan fingerprint density at radius 2 is 2.09 bits per heavy atom. The second-order valence-electron chi connectivity index (χ2n) is 2.05. The molecule has 0 atom stereocenters. The summed E-state index contributed by atoms with van der Waals surface area (Å²) < 4.78 is 1.49. The summed E-state index contributed by atoms with van der Waals surface area (Å²) in [5.74, 6) is 0. The third-order valence-corrected chi connectivity index (χ3v) is 2.98. The van der Waals surface area contributed by atoms with Gasteiger partial charge in [0.25, 0.3) is 0 Å². The molecule has 0 spiro atoms. The quantitative estimate of drug-likeness (QED) is 0.638. The summed E-state index contributed by atoms with van der Waals surface area (Å²) in [5, 5.41) is 0.715. The van der Waals surface area contributed by atoms with Gasteiger partial charge in [-0.25, -0.2) is 4.98 Å². The van der Waals surface area contributed by atoms with Gasteiger partial charge in [0.15, 0.2) is 4.47 Å². The minimum absolute atomic E-state index is 0.535. The Balaban J connectivity index is 2.90. The molecule has 0 radical (unpaired) electrons. The topological polar surface area (TPSA) is 12.9 Å². The first-order valence-corrected chi connectivity index (χ1v) is 4.55. The lowest BCUT2D eigenvalue weighted by atomic mass is 10.3. The minimum Gasteiger partial charge on any atom is -0.225 e. The third kappa shape index (κ3) is 1.22. The Kier molecular flexibility index (Phi) is 1.75. The summed E-state index contributed by atoms with van der Waals surface area (Å²) in [7, 11) is 0. The average molecular weight is 204 g/mol. The fourth-order valence-electron chi connectivity index (χ4n) is 0.888. The van der Waals surface area contributed by atoms with Gasteiger partial charge in [-0.1, -0.05) is 29.3 Å². The Bertz CT molecular complexity index is 396. The third-order valence-electron chi connectivity index (χ3n) is 1.34. The first-order chi connectivity index (χ1) is 5.27. The molecule has 0 aliphatic carbocycles. The van der Waals surface area contributed by atoms with E-state index in [1.54, 1.807) is 0 Å². The Morgan fingerprint density at radius 1 is 1.27 bits per heavy atom. The Hall–Kier alpha value is -0.310. The van der Waals surface area contributed by atoms with Crippen LogP contribution in [0.1, 0.15) is 0 Å². The van der Waals surface area contributed by atoms with Crippen molar-refractivity contribution >= 4 is 44.8 Å². The molecule has 0 N–H and O–H groups in total. The van der Waals surface area contributed by atoms with Crippen LogP contribution in [0, 0.1) is 0 Å². The van der Waals surface area contributed by atoms with Crippen molar-refractivity contribution in [3.05, 3.63) is 27.7 Å². The molecular weight excluding hydrogens is 201 g/mol. The predicted octanol–water partition coefficient (Wildman–Crippen LogP) is 3.60. The van der Waals surface area contributed by atoms with Crippen molar-refractivity contribution in [1.82, 2.24) is 4.98 Å². The Labute approximate surface area is 77.6 Å². The van der Waals surface area contributed by atoms with Crippen LogP contribution < -0.4 is 0 Å². The van der Waals surface area contributed by atoms with E-state index in [2.05, 4.69) is 4.98 Å². The lowest BCUT2D eigenvalue weighted by molar-refractivity contribution is 1.50. The zero-order valence-electron chi connectivity index (χ0n) is 5.34.